The summed E-state index contributed by atoms with van der Waals surface area (Å²) in [7, 11) is -2.32. The summed E-state index contributed by atoms with van der Waals surface area (Å²) in [4.78, 5) is 9.37. The molecule has 172 valence electrons. The van der Waals surface area contributed by atoms with Crippen LogP contribution in [0.4, 0.5) is 4.39 Å². The Labute approximate surface area is 194 Å². The number of pyridine rings is 1. The van der Waals surface area contributed by atoms with E-state index in [-0.39, 0.29) is 22.9 Å². The van der Waals surface area contributed by atoms with Gasteiger partial charge in [-0.2, -0.15) is 0 Å². The Morgan fingerprint density at radius 1 is 1.15 bits per heavy atom. The first-order valence-corrected chi connectivity index (χ1v) is 12.7. The number of aromatic nitrogens is 3. The molecular weight excluding hydrogens is 465 g/mol. The Hall–Kier alpha value is -2.66. The van der Waals surface area contributed by atoms with Crippen molar-refractivity contribution in [3.63, 3.8) is 0 Å². The highest BCUT2D eigenvalue weighted by molar-refractivity contribution is 7.90. The maximum absolute atomic E-state index is 15.0. The molecule has 3 heterocycles. The second-order valence-corrected chi connectivity index (χ2v) is 10.9. The third-order valence-corrected chi connectivity index (χ3v) is 8.85. The summed E-state index contributed by atoms with van der Waals surface area (Å²) in [5.41, 5.74) is 0.884. The fourth-order valence-electron chi connectivity index (χ4n) is 4.00. The van der Waals surface area contributed by atoms with E-state index >= 15 is 0 Å². The minimum absolute atomic E-state index is 0.139. The van der Waals surface area contributed by atoms with Crippen LogP contribution in [0.15, 0.2) is 53.8 Å². The van der Waals surface area contributed by atoms with Crippen molar-refractivity contribution in [2.45, 2.75) is 36.7 Å². The van der Waals surface area contributed by atoms with Gasteiger partial charge in [0.25, 0.3) is 10.0 Å². The van der Waals surface area contributed by atoms with Crippen LogP contribution in [0.5, 0.6) is 0 Å². The summed E-state index contributed by atoms with van der Waals surface area (Å²) < 4.78 is 53.5. The molecule has 0 bridgehead atoms. The number of benzene rings is 1. The van der Waals surface area contributed by atoms with Crippen LogP contribution in [0.3, 0.4) is 0 Å². The topological polar surface area (TPSA) is 83.3 Å². The highest BCUT2D eigenvalue weighted by atomic mass is 32.2. The summed E-state index contributed by atoms with van der Waals surface area (Å²) >= 11 is 1.34. The number of aryl methyl sites for hydroxylation is 1. The lowest BCUT2D eigenvalue weighted by Crippen LogP contribution is -2.37. The standard InChI is InChI=1S/C23H22FN3O4S2/c1-15-4-6-16(7-5-15)33(28,29)27-11-8-17-20(18(24)12-25-21(17)27)19-13-26-22(32-19)23(9-3-10-23)31-14-30-2/h4-8,11-13H,3,9-10,14H2,1-2H3. The fourth-order valence-corrected chi connectivity index (χ4v) is 6.48. The Kier molecular flexibility index (Phi) is 5.56. The Balaban J connectivity index is 1.59. The molecule has 0 amide bonds. The van der Waals surface area contributed by atoms with E-state index in [9.17, 15) is 12.8 Å². The lowest BCUT2D eigenvalue weighted by atomic mass is 9.80. The molecule has 0 N–H and O–H groups in total. The van der Waals surface area contributed by atoms with Crippen molar-refractivity contribution < 1.29 is 22.3 Å². The molecule has 33 heavy (non-hydrogen) atoms. The van der Waals surface area contributed by atoms with Crippen molar-refractivity contribution in [1.29, 1.82) is 0 Å². The molecule has 7 nitrogen and oxygen atoms in total. The SMILES string of the molecule is COCOC1(c2ncc(-c3c(F)cnc4c3ccn4S(=O)(=O)c3ccc(C)cc3)s2)CCC1. The Morgan fingerprint density at radius 2 is 1.91 bits per heavy atom. The Morgan fingerprint density at radius 3 is 2.58 bits per heavy atom. The first kappa shape index (κ1) is 22.1. The Bertz CT molecular complexity index is 1420. The number of methoxy groups -OCH3 is 1. The molecule has 0 radical (unpaired) electrons. The van der Waals surface area contributed by atoms with E-state index in [4.69, 9.17) is 9.47 Å². The summed E-state index contributed by atoms with van der Waals surface area (Å²) in [6.45, 7) is 2.04. The van der Waals surface area contributed by atoms with Crippen molar-refractivity contribution in [3.05, 3.63) is 65.3 Å². The van der Waals surface area contributed by atoms with Crippen molar-refractivity contribution >= 4 is 32.4 Å². The van der Waals surface area contributed by atoms with Crippen molar-refractivity contribution in [3.8, 4) is 10.4 Å². The van der Waals surface area contributed by atoms with Gasteiger partial charge in [0.2, 0.25) is 0 Å². The zero-order valence-electron chi connectivity index (χ0n) is 18.1. The molecule has 1 aliphatic rings. The third kappa shape index (κ3) is 3.67. The summed E-state index contributed by atoms with van der Waals surface area (Å²) in [6, 6.07) is 8.14. The lowest BCUT2D eigenvalue weighted by Gasteiger charge is -2.39. The average Bonchev–Trinajstić information content (AvgIpc) is 3.41. The molecule has 0 aliphatic heterocycles. The van der Waals surface area contributed by atoms with E-state index in [2.05, 4.69) is 9.97 Å². The smallest absolute Gasteiger partial charge is 0.269 e. The van der Waals surface area contributed by atoms with Gasteiger partial charge in [0.15, 0.2) is 11.5 Å². The van der Waals surface area contributed by atoms with E-state index in [1.54, 1.807) is 43.6 Å². The van der Waals surface area contributed by atoms with Crippen molar-refractivity contribution in [2.75, 3.05) is 13.9 Å². The van der Waals surface area contributed by atoms with Crippen LogP contribution >= 0.6 is 11.3 Å². The van der Waals surface area contributed by atoms with Crippen LogP contribution in [0.2, 0.25) is 0 Å². The van der Waals surface area contributed by atoms with Crippen molar-refractivity contribution in [1.82, 2.24) is 13.9 Å². The van der Waals surface area contributed by atoms with Gasteiger partial charge in [0.05, 0.1) is 16.0 Å². The van der Waals surface area contributed by atoms with Crippen LogP contribution < -0.4 is 0 Å². The molecule has 1 aromatic carbocycles. The van der Waals surface area contributed by atoms with Crippen LogP contribution in [-0.2, 0) is 25.1 Å². The third-order valence-electron chi connectivity index (χ3n) is 5.97. The predicted molar refractivity (Wildman–Crippen MR) is 123 cm³/mol. The van der Waals surface area contributed by atoms with Gasteiger partial charge in [0.1, 0.15) is 17.4 Å². The highest BCUT2D eigenvalue weighted by Crippen LogP contribution is 2.48. The van der Waals surface area contributed by atoms with E-state index in [1.165, 1.54) is 17.5 Å². The van der Waals surface area contributed by atoms with Crippen LogP contribution in [0.1, 0.15) is 29.8 Å². The van der Waals surface area contributed by atoms with Gasteiger partial charge in [-0.3, -0.25) is 0 Å². The normalized spacial score (nSPS) is 15.6. The maximum Gasteiger partial charge on any atom is 0.269 e. The lowest BCUT2D eigenvalue weighted by molar-refractivity contribution is -0.171. The predicted octanol–water partition coefficient (Wildman–Crippen LogP) is 4.84. The van der Waals surface area contributed by atoms with Crippen LogP contribution in [0, 0.1) is 12.7 Å². The number of hydrogen-bond donors (Lipinski definition) is 0. The minimum Gasteiger partial charge on any atom is -0.359 e. The van der Waals surface area contributed by atoms with Crippen LogP contribution in [0.25, 0.3) is 21.5 Å². The largest absolute Gasteiger partial charge is 0.359 e. The molecule has 0 atom stereocenters. The molecule has 10 heteroatoms. The number of hydrogen-bond acceptors (Lipinski definition) is 7. The minimum atomic E-state index is -3.89. The zero-order valence-corrected chi connectivity index (χ0v) is 19.7. The molecule has 3 aromatic heterocycles. The molecule has 0 spiro atoms. The monoisotopic (exact) mass is 487 g/mol. The number of nitrogens with zero attached hydrogens (tertiary/aromatic N) is 3. The van der Waals surface area contributed by atoms with Crippen molar-refractivity contribution in [2.24, 2.45) is 0 Å². The summed E-state index contributed by atoms with van der Waals surface area (Å²) in [5.74, 6) is -0.538. The summed E-state index contributed by atoms with van der Waals surface area (Å²) in [6.07, 6.45) is 6.74. The van der Waals surface area contributed by atoms with Gasteiger partial charge in [-0.25, -0.2) is 26.7 Å². The van der Waals surface area contributed by atoms with Gasteiger partial charge in [-0.15, -0.1) is 11.3 Å². The van der Waals surface area contributed by atoms with Gasteiger partial charge >= 0.3 is 0 Å². The number of halogens is 1. The van der Waals surface area contributed by atoms with Gasteiger partial charge in [0, 0.05) is 30.5 Å². The molecule has 4 aromatic rings. The van der Waals surface area contributed by atoms with E-state index in [0.29, 0.717) is 10.3 Å². The molecule has 1 saturated carbocycles. The number of fused-ring (bicyclic) bond motifs is 1. The molecule has 1 aliphatic carbocycles. The van der Waals surface area contributed by atoms with E-state index in [0.717, 1.165) is 40.0 Å². The molecular formula is C23H22FN3O4S2. The zero-order chi connectivity index (χ0) is 23.2. The molecule has 0 saturated heterocycles. The number of rotatable bonds is 7. The molecule has 5 rings (SSSR count). The van der Waals surface area contributed by atoms with Gasteiger partial charge in [-0.1, -0.05) is 17.7 Å². The first-order chi connectivity index (χ1) is 15.9. The second kappa shape index (κ2) is 8.28. The number of thiazole rings is 1. The van der Waals surface area contributed by atoms with E-state index < -0.39 is 21.4 Å². The average molecular weight is 488 g/mol. The summed E-state index contributed by atoms with van der Waals surface area (Å²) in [5, 5.41) is 1.17. The maximum atomic E-state index is 15.0. The second-order valence-electron chi connectivity index (χ2n) is 8.08. The quantitative estimate of drug-likeness (QED) is 0.347. The first-order valence-electron chi connectivity index (χ1n) is 10.4. The van der Waals surface area contributed by atoms with Gasteiger partial charge < -0.3 is 9.47 Å². The van der Waals surface area contributed by atoms with Gasteiger partial charge in [-0.05, 0) is 44.4 Å². The fraction of sp³-hybridized carbons (Fsp3) is 0.304. The van der Waals surface area contributed by atoms with E-state index in [1.807, 2.05) is 6.92 Å². The highest BCUT2D eigenvalue weighted by Gasteiger charge is 2.43. The number of ether oxygens (including phenoxy) is 2. The van der Waals surface area contributed by atoms with Crippen LogP contribution in [-0.4, -0.2) is 36.3 Å². The molecule has 0 unspecified atom stereocenters. The molecule has 1 fully saturated rings.